The van der Waals surface area contributed by atoms with Gasteiger partial charge >= 0.3 is 6.18 Å². The van der Waals surface area contributed by atoms with Gasteiger partial charge in [-0.25, -0.2) is 9.37 Å². The normalized spacial score (nSPS) is 12.4. The van der Waals surface area contributed by atoms with Gasteiger partial charge in [0.2, 0.25) is 5.82 Å². The second-order valence-corrected chi connectivity index (χ2v) is 4.21. The van der Waals surface area contributed by atoms with Crippen LogP contribution in [0.4, 0.5) is 17.6 Å². The van der Waals surface area contributed by atoms with Crippen LogP contribution < -0.4 is 5.43 Å². The predicted molar refractivity (Wildman–Crippen MR) is 61.7 cm³/mol. The van der Waals surface area contributed by atoms with Crippen molar-refractivity contribution in [2.45, 2.75) is 6.18 Å². The van der Waals surface area contributed by atoms with Crippen LogP contribution in [0.15, 0.2) is 27.6 Å². The summed E-state index contributed by atoms with van der Waals surface area (Å²) in [6, 6.07) is 1.91. The summed E-state index contributed by atoms with van der Waals surface area (Å²) in [6.45, 7) is 0. The van der Waals surface area contributed by atoms with E-state index in [2.05, 4.69) is 4.98 Å². The van der Waals surface area contributed by atoms with Gasteiger partial charge in [0.1, 0.15) is 16.9 Å². The van der Waals surface area contributed by atoms with E-state index in [1.165, 1.54) is 0 Å². The van der Waals surface area contributed by atoms with Crippen LogP contribution in [0.2, 0.25) is 0 Å². The van der Waals surface area contributed by atoms with Crippen molar-refractivity contribution in [3.8, 4) is 0 Å². The summed E-state index contributed by atoms with van der Waals surface area (Å²) in [5.74, 6) is -2.22. The van der Waals surface area contributed by atoms with Gasteiger partial charge in [-0.15, -0.1) is 0 Å². The number of aryl methyl sites for hydroxylation is 1. The van der Waals surface area contributed by atoms with E-state index < -0.39 is 23.2 Å². The summed E-state index contributed by atoms with van der Waals surface area (Å²) < 4.78 is 58.0. The van der Waals surface area contributed by atoms with Crippen molar-refractivity contribution in [3.05, 3.63) is 40.3 Å². The third-order valence-corrected chi connectivity index (χ3v) is 2.98. The third kappa shape index (κ3) is 1.60. The molecular weight excluding hydrogens is 280 g/mol. The summed E-state index contributed by atoms with van der Waals surface area (Å²) in [5.41, 5.74) is -1.40. The Balaban J connectivity index is 2.58. The molecule has 20 heavy (non-hydrogen) atoms. The first-order valence-electron chi connectivity index (χ1n) is 5.44. The van der Waals surface area contributed by atoms with Gasteiger partial charge in [-0.1, -0.05) is 0 Å². The molecule has 0 bridgehead atoms. The Labute approximate surface area is 108 Å². The maximum Gasteiger partial charge on any atom is 0.449 e. The predicted octanol–water partition coefficient (Wildman–Crippen LogP) is 2.84. The molecule has 0 radical (unpaired) electrons. The minimum atomic E-state index is -4.73. The first-order valence-corrected chi connectivity index (χ1v) is 5.44. The molecule has 2 heterocycles. The van der Waals surface area contributed by atoms with E-state index in [1.807, 2.05) is 0 Å². The number of aromatic nitrogens is 2. The number of hydrogen-bond acceptors (Lipinski definition) is 3. The molecule has 0 aliphatic rings. The number of rotatable bonds is 0. The Morgan fingerprint density at radius 3 is 2.70 bits per heavy atom. The van der Waals surface area contributed by atoms with Crippen LogP contribution in [0.5, 0.6) is 0 Å². The minimum Gasteiger partial charge on any atom is -0.462 e. The monoisotopic (exact) mass is 286 g/mol. The van der Waals surface area contributed by atoms with Gasteiger partial charge in [0.05, 0.1) is 11.6 Å². The molecule has 104 valence electrons. The van der Waals surface area contributed by atoms with Crippen LogP contribution in [0.25, 0.3) is 22.0 Å². The molecule has 8 heteroatoms. The van der Waals surface area contributed by atoms with Gasteiger partial charge in [-0.2, -0.15) is 13.2 Å². The maximum absolute atomic E-state index is 13.9. The molecule has 0 saturated heterocycles. The van der Waals surface area contributed by atoms with Crippen molar-refractivity contribution < 1.29 is 22.0 Å². The number of fused-ring (bicyclic) bond motifs is 3. The largest absolute Gasteiger partial charge is 0.462 e. The van der Waals surface area contributed by atoms with Crippen molar-refractivity contribution in [1.29, 1.82) is 0 Å². The highest BCUT2D eigenvalue weighted by Gasteiger charge is 2.37. The zero-order valence-electron chi connectivity index (χ0n) is 9.95. The highest BCUT2D eigenvalue weighted by atomic mass is 19.4. The van der Waals surface area contributed by atoms with Gasteiger partial charge in [0.15, 0.2) is 11.0 Å². The van der Waals surface area contributed by atoms with Crippen LogP contribution in [0, 0.1) is 5.82 Å². The van der Waals surface area contributed by atoms with Crippen molar-refractivity contribution >= 4 is 22.0 Å². The van der Waals surface area contributed by atoms with Gasteiger partial charge in [0.25, 0.3) is 0 Å². The van der Waals surface area contributed by atoms with Crippen LogP contribution in [-0.2, 0) is 13.2 Å². The van der Waals surface area contributed by atoms with Gasteiger partial charge in [-0.3, -0.25) is 4.79 Å². The zero-order chi connectivity index (χ0) is 14.7. The van der Waals surface area contributed by atoms with E-state index in [4.69, 9.17) is 4.42 Å². The summed E-state index contributed by atoms with van der Waals surface area (Å²) in [4.78, 5) is 15.0. The van der Waals surface area contributed by atoms with Crippen LogP contribution in [0.3, 0.4) is 0 Å². The SMILES string of the molecule is Cn1c(C(F)(F)F)nc2c3occc(=O)c3cc(F)c21. The first-order chi connectivity index (χ1) is 9.30. The van der Waals surface area contributed by atoms with Crippen LogP contribution >= 0.6 is 0 Å². The second-order valence-electron chi connectivity index (χ2n) is 4.21. The summed E-state index contributed by atoms with van der Waals surface area (Å²) >= 11 is 0. The molecule has 0 amide bonds. The first kappa shape index (κ1) is 12.6. The van der Waals surface area contributed by atoms with E-state index in [0.717, 1.165) is 25.4 Å². The Bertz CT molecular complexity index is 892. The van der Waals surface area contributed by atoms with Gasteiger partial charge in [-0.05, 0) is 6.07 Å². The number of imidazole rings is 1. The van der Waals surface area contributed by atoms with E-state index in [-0.39, 0.29) is 22.0 Å². The highest BCUT2D eigenvalue weighted by Crippen LogP contribution is 2.33. The molecule has 3 rings (SSSR count). The molecule has 2 aromatic heterocycles. The van der Waals surface area contributed by atoms with E-state index in [0.29, 0.717) is 4.57 Å². The lowest BCUT2D eigenvalue weighted by molar-refractivity contribution is -0.146. The van der Waals surface area contributed by atoms with Crippen molar-refractivity contribution in [1.82, 2.24) is 9.55 Å². The fraction of sp³-hybridized carbons (Fsp3) is 0.167. The van der Waals surface area contributed by atoms with Crippen LogP contribution in [0.1, 0.15) is 5.82 Å². The molecule has 0 aliphatic heterocycles. The van der Waals surface area contributed by atoms with Gasteiger partial charge in [0, 0.05) is 13.1 Å². The van der Waals surface area contributed by atoms with Crippen molar-refractivity contribution in [2.24, 2.45) is 7.05 Å². The third-order valence-electron chi connectivity index (χ3n) is 2.98. The molecule has 0 fully saturated rings. The highest BCUT2D eigenvalue weighted by molar-refractivity contribution is 6.00. The quantitative estimate of drug-likeness (QED) is 0.597. The zero-order valence-corrected chi connectivity index (χ0v) is 9.95. The second kappa shape index (κ2) is 3.81. The number of alkyl halides is 3. The fourth-order valence-electron chi connectivity index (χ4n) is 2.13. The van der Waals surface area contributed by atoms with E-state index in [9.17, 15) is 22.4 Å². The lowest BCUT2D eigenvalue weighted by Crippen LogP contribution is -2.12. The summed E-state index contributed by atoms with van der Waals surface area (Å²) in [7, 11) is 1.05. The molecule has 1 aromatic carbocycles. The number of halogens is 4. The molecule has 4 nitrogen and oxygen atoms in total. The maximum atomic E-state index is 13.9. The summed E-state index contributed by atoms with van der Waals surface area (Å²) in [6.07, 6.45) is -3.70. The standard InChI is InChI=1S/C12H6F4N2O2/c1-18-9-6(13)4-5-7(19)2-3-20-10(5)8(9)17-11(18)12(14,15)16/h2-4H,1H3. The fourth-order valence-corrected chi connectivity index (χ4v) is 2.13. The molecule has 3 aromatic rings. The minimum absolute atomic E-state index is 0.149. The smallest absolute Gasteiger partial charge is 0.449 e. The summed E-state index contributed by atoms with van der Waals surface area (Å²) in [5, 5.41) is -0.149. The molecule has 0 N–H and O–H groups in total. The Kier molecular flexibility index (Phi) is 2.41. The molecular formula is C12H6F4N2O2. The molecule has 0 unspecified atom stereocenters. The Morgan fingerprint density at radius 1 is 1.35 bits per heavy atom. The topological polar surface area (TPSA) is 48.0 Å². The van der Waals surface area contributed by atoms with Crippen LogP contribution in [-0.4, -0.2) is 9.55 Å². The lowest BCUT2D eigenvalue weighted by Gasteiger charge is -2.05. The number of hydrogen-bond donors (Lipinski definition) is 0. The average molecular weight is 286 g/mol. The van der Waals surface area contributed by atoms with E-state index >= 15 is 0 Å². The van der Waals surface area contributed by atoms with Crippen molar-refractivity contribution in [3.63, 3.8) is 0 Å². The Morgan fingerprint density at radius 2 is 2.05 bits per heavy atom. The van der Waals surface area contributed by atoms with E-state index in [1.54, 1.807) is 0 Å². The number of nitrogens with zero attached hydrogens (tertiary/aromatic N) is 2. The molecule has 0 aliphatic carbocycles. The molecule has 0 atom stereocenters. The van der Waals surface area contributed by atoms with Gasteiger partial charge < -0.3 is 8.98 Å². The average Bonchev–Trinajstić information content (AvgIpc) is 2.70. The molecule has 0 saturated carbocycles. The molecule has 0 spiro atoms. The number of benzene rings is 1. The van der Waals surface area contributed by atoms with Crippen molar-refractivity contribution in [2.75, 3.05) is 0 Å². The lowest BCUT2D eigenvalue weighted by atomic mass is 10.2. The Hall–Kier alpha value is -2.38.